The number of nitrogens with zero attached hydrogens (tertiary/aromatic N) is 6. The normalized spacial score (nSPS) is 11.6. The van der Waals surface area contributed by atoms with Gasteiger partial charge in [-0.05, 0) is 32.8 Å². The molecular formula is C23H26N6O3S2. The molecular weight excluding hydrogens is 472 g/mol. The Morgan fingerprint density at radius 3 is 2.56 bits per heavy atom. The maximum absolute atomic E-state index is 13.2. The Hall–Kier alpha value is -3.05. The van der Waals surface area contributed by atoms with Crippen LogP contribution in [0.1, 0.15) is 41.4 Å². The zero-order chi connectivity index (χ0) is 24.7. The number of fused-ring (bicyclic) bond motifs is 1. The number of ketones is 1. The lowest BCUT2D eigenvalue weighted by molar-refractivity contribution is 0.102. The molecule has 4 aromatic heterocycles. The number of thiazole rings is 1. The molecule has 4 aromatic rings. The topological polar surface area (TPSA) is 105 Å². The molecule has 11 heteroatoms. The summed E-state index contributed by atoms with van der Waals surface area (Å²) >= 11 is 2.70. The first kappa shape index (κ1) is 24.1. The van der Waals surface area contributed by atoms with Crippen molar-refractivity contribution in [1.29, 1.82) is 0 Å². The number of hydrogen-bond donors (Lipinski definition) is 0. The highest BCUT2D eigenvalue weighted by atomic mass is 32.2. The third-order valence-corrected chi connectivity index (χ3v) is 7.22. The van der Waals surface area contributed by atoms with Crippen LogP contribution in [0.4, 0.5) is 0 Å². The average molecular weight is 499 g/mol. The van der Waals surface area contributed by atoms with Crippen LogP contribution in [0, 0.1) is 26.7 Å². The largest absolute Gasteiger partial charge is 0.332 e. The second-order valence-corrected chi connectivity index (χ2v) is 10.4. The molecule has 0 atom stereocenters. The van der Waals surface area contributed by atoms with Crippen molar-refractivity contribution in [3.05, 3.63) is 61.3 Å². The number of carbonyl (C=O) groups excluding carboxylic acids is 1. The molecule has 0 N–H and O–H groups in total. The monoisotopic (exact) mass is 498 g/mol. The van der Waals surface area contributed by atoms with E-state index in [2.05, 4.69) is 15.0 Å². The Morgan fingerprint density at radius 1 is 1.18 bits per heavy atom. The molecule has 0 unspecified atom stereocenters. The zero-order valence-corrected chi connectivity index (χ0v) is 21.6. The van der Waals surface area contributed by atoms with Crippen molar-refractivity contribution in [3.63, 3.8) is 0 Å². The van der Waals surface area contributed by atoms with Crippen molar-refractivity contribution in [3.8, 4) is 5.13 Å². The van der Waals surface area contributed by atoms with Gasteiger partial charge in [-0.3, -0.25) is 23.3 Å². The summed E-state index contributed by atoms with van der Waals surface area (Å²) in [6.07, 6.45) is 1.73. The van der Waals surface area contributed by atoms with Gasteiger partial charge in [-0.25, -0.2) is 19.7 Å². The molecule has 0 aromatic carbocycles. The smallest absolute Gasteiger partial charge is 0.294 e. The third kappa shape index (κ3) is 4.25. The van der Waals surface area contributed by atoms with E-state index in [9.17, 15) is 14.4 Å². The molecule has 0 saturated heterocycles. The molecule has 0 spiro atoms. The highest BCUT2D eigenvalue weighted by Gasteiger charge is 2.22. The first-order valence-electron chi connectivity index (χ1n) is 10.8. The summed E-state index contributed by atoms with van der Waals surface area (Å²) in [7, 11) is 1.45. The Bertz CT molecular complexity index is 1510. The van der Waals surface area contributed by atoms with Gasteiger partial charge in [-0.1, -0.05) is 25.6 Å². The van der Waals surface area contributed by atoms with E-state index in [1.165, 1.54) is 34.7 Å². The van der Waals surface area contributed by atoms with Crippen molar-refractivity contribution in [1.82, 2.24) is 28.7 Å². The molecule has 4 heterocycles. The summed E-state index contributed by atoms with van der Waals surface area (Å²) in [5.41, 5.74) is 1.80. The van der Waals surface area contributed by atoms with Crippen molar-refractivity contribution in [2.45, 2.75) is 46.2 Å². The first-order valence-corrected chi connectivity index (χ1v) is 12.7. The van der Waals surface area contributed by atoms with Gasteiger partial charge in [-0.15, -0.1) is 11.3 Å². The van der Waals surface area contributed by atoms with Crippen molar-refractivity contribution in [2.75, 3.05) is 5.75 Å². The van der Waals surface area contributed by atoms with Crippen molar-refractivity contribution in [2.24, 2.45) is 13.0 Å². The van der Waals surface area contributed by atoms with Crippen LogP contribution in [0.15, 0.2) is 32.3 Å². The van der Waals surface area contributed by atoms with Gasteiger partial charge in [0.2, 0.25) is 0 Å². The number of aryl methyl sites for hydroxylation is 2. The molecule has 4 rings (SSSR count). The second kappa shape index (κ2) is 9.30. The van der Waals surface area contributed by atoms with Crippen LogP contribution in [0.2, 0.25) is 0 Å². The molecule has 9 nitrogen and oxygen atoms in total. The van der Waals surface area contributed by atoms with Crippen molar-refractivity contribution < 1.29 is 4.79 Å². The Labute approximate surface area is 204 Å². The van der Waals surface area contributed by atoms with Crippen LogP contribution in [0.25, 0.3) is 16.2 Å². The van der Waals surface area contributed by atoms with Crippen LogP contribution >= 0.6 is 23.1 Å². The van der Waals surface area contributed by atoms with Gasteiger partial charge in [0.05, 0.1) is 5.75 Å². The molecule has 0 fully saturated rings. The van der Waals surface area contributed by atoms with Gasteiger partial charge >= 0.3 is 5.69 Å². The van der Waals surface area contributed by atoms with Crippen LogP contribution in [-0.2, 0) is 13.6 Å². The van der Waals surface area contributed by atoms with Gasteiger partial charge in [0, 0.05) is 42.1 Å². The standard InChI is InChI=1S/C23H26N6O3S2/c1-12(2)10-28-19-18(21(31)27(6)23(28)32)20(26-15(5)25-19)34-11-17(30)16-9-13(3)29(14(16)4)22-24-7-8-33-22/h7-9,12H,10-11H2,1-6H3. The van der Waals surface area contributed by atoms with Gasteiger partial charge < -0.3 is 0 Å². The SMILES string of the molecule is Cc1nc(SCC(=O)c2cc(C)n(-c3nccs3)c2C)c2c(=O)n(C)c(=O)n(CC(C)C)c2n1. The summed E-state index contributed by atoms with van der Waals surface area (Å²) in [6, 6.07) is 1.86. The highest BCUT2D eigenvalue weighted by Crippen LogP contribution is 2.27. The predicted octanol–water partition coefficient (Wildman–Crippen LogP) is 3.29. The molecule has 0 aliphatic heterocycles. The van der Waals surface area contributed by atoms with E-state index in [0.717, 1.165) is 21.1 Å². The van der Waals surface area contributed by atoms with Crippen LogP contribution in [-0.4, -0.2) is 40.2 Å². The van der Waals surface area contributed by atoms with Gasteiger partial charge in [0.15, 0.2) is 16.6 Å². The minimum Gasteiger partial charge on any atom is -0.294 e. The minimum absolute atomic E-state index is 0.0716. The van der Waals surface area contributed by atoms with E-state index in [-0.39, 0.29) is 22.8 Å². The number of hydrogen-bond acceptors (Lipinski definition) is 8. The zero-order valence-electron chi connectivity index (χ0n) is 19.9. The van der Waals surface area contributed by atoms with Crippen LogP contribution in [0.5, 0.6) is 0 Å². The fraction of sp³-hybridized carbons (Fsp3) is 0.391. The maximum atomic E-state index is 13.2. The molecule has 0 aliphatic rings. The number of rotatable bonds is 7. The number of aromatic nitrogens is 6. The van der Waals surface area contributed by atoms with Gasteiger partial charge in [-0.2, -0.15) is 0 Å². The fourth-order valence-electron chi connectivity index (χ4n) is 3.95. The van der Waals surface area contributed by atoms with Crippen molar-refractivity contribution >= 4 is 39.9 Å². The predicted molar refractivity (Wildman–Crippen MR) is 135 cm³/mol. The Morgan fingerprint density at radius 2 is 1.91 bits per heavy atom. The molecule has 178 valence electrons. The van der Waals surface area contributed by atoms with Gasteiger partial charge in [0.1, 0.15) is 16.2 Å². The molecule has 0 saturated carbocycles. The van der Waals surface area contributed by atoms with E-state index in [1.54, 1.807) is 13.1 Å². The van der Waals surface area contributed by atoms with E-state index >= 15 is 0 Å². The average Bonchev–Trinajstić information content (AvgIpc) is 3.40. The molecule has 0 bridgehead atoms. The number of Topliss-reactive ketones (excluding diaryl/α,β-unsaturated/α-hetero) is 1. The lowest BCUT2D eigenvalue weighted by atomic mass is 10.2. The number of carbonyl (C=O) groups is 1. The fourth-order valence-corrected chi connectivity index (χ4v) is 5.65. The molecule has 0 aliphatic carbocycles. The molecule has 0 amide bonds. The van der Waals surface area contributed by atoms with E-state index in [4.69, 9.17) is 0 Å². The third-order valence-electron chi connectivity index (χ3n) is 5.49. The Balaban J connectivity index is 1.73. The molecule has 0 radical (unpaired) electrons. The second-order valence-electron chi connectivity index (χ2n) is 8.57. The maximum Gasteiger partial charge on any atom is 0.332 e. The summed E-state index contributed by atoms with van der Waals surface area (Å²) in [4.78, 5) is 52.2. The van der Waals surface area contributed by atoms with E-state index in [0.29, 0.717) is 28.6 Å². The molecule has 34 heavy (non-hydrogen) atoms. The minimum atomic E-state index is -0.461. The summed E-state index contributed by atoms with van der Waals surface area (Å²) in [6.45, 7) is 9.97. The lowest BCUT2D eigenvalue weighted by Gasteiger charge is -2.15. The summed E-state index contributed by atoms with van der Waals surface area (Å²) in [5.74, 6) is 0.645. The quantitative estimate of drug-likeness (QED) is 0.219. The summed E-state index contributed by atoms with van der Waals surface area (Å²) in [5, 5.41) is 3.38. The first-order chi connectivity index (χ1) is 16.1. The van der Waals surface area contributed by atoms with Crippen LogP contribution < -0.4 is 11.2 Å². The van der Waals surface area contributed by atoms with Crippen LogP contribution in [0.3, 0.4) is 0 Å². The Kier molecular flexibility index (Phi) is 6.59. The lowest BCUT2D eigenvalue weighted by Crippen LogP contribution is -2.39. The highest BCUT2D eigenvalue weighted by molar-refractivity contribution is 8.00. The van der Waals surface area contributed by atoms with E-state index in [1.807, 2.05) is 43.7 Å². The van der Waals surface area contributed by atoms with E-state index < -0.39 is 11.2 Å². The summed E-state index contributed by atoms with van der Waals surface area (Å²) < 4.78 is 4.56. The van der Waals surface area contributed by atoms with Gasteiger partial charge in [0.25, 0.3) is 5.56 Å². The number of thioether (sulfide) groups is 1.